The van der Waals surface area contributed by atoms with Crippen LogP contribution in [0.15, 0.2) is 29.4 Å². The summed E-state index contributed by atoms with van der Waals surface area (Å²) in [5, 5.41) is 15.6. The summed E-state index contributed by atoms with van der Waals surface area (Å²) in [6.45, 7) is 5.78. The maximum Gasteiger partial charge on any atom is 0.209 e. The molecule has 1 aromatic heterocycles. The first-order valence-corrected chi connectivity index (χ1v) is 7.95. The predicted octanol–water partition coefficient (Wildman–Crippen LogP) is 1.88. The molecule has 6 nitrogen and oxygen atoms in total. The van der Waals surface area contributed by atoms with Crippen molar-refractivity contribution < 1.29 is 4.74 Å². The van der Waals surface area contributed by atoms with E-state index >= 15 is 0 Å². The van der Waals surface area contributed by atoms with Crippen molar-refractivity contribution in [2.75, 3.05) is 12.3 Å². The molecule has 1 heterocycles. The smallest absolute Gasteiger partial charge is 0.209 e. The van der Waals surface area contributed by atoms with Crippen molar-refractivity contribution in [1.82, 2.24) is 25.5 Å². The highest BCUT2D eigenvalue weighted by Gasteiger charge is 2.02. The van der Waals surface area contributed by atoms with E-state index in [2.05, 4.69) is 33.0 Å². The number of thioether (sulfide) groups is 1. The number of benzene rings is 1. The lowest BCUT2D eigenvalue weighted by Crippen LogP contribution is -2.17. The maximum atomic E-state index is 5.69. The van der Waals surface area contributed by atoms with E-state index in [0.717, 1.165) is 29.7 Å². The van der Waals surface area contributed by atoms with Crippen LogP contribution in [0.1, 0.15) is 19.4 Å². The molecule has 0 unspecified atom stereocenters. The molecule has 114 valence electrons. The molecule has 0 fully saturated rings. The van der Waals surface area contributed by atoms with Crippen LogP contribution in [0.5, 0.6) is 5.75 Å². The van der Waals surface area contributed by atoms with Crippen molar-refractivity contribution in [1.29, 1.82) is 0 Å². The second-order valence-electron chi connectivity index (χ2n) is 4.92. The molecule has 0 aliphatic rings. The van der Waals surface area contributed by atoms with Gasteiger partial charge in [-0.25, -0.2) is 4.68 Å². The summed E-state index contributed by atoms with van der Waals surface area (Å²) in [5.41, 5.74) is 1.22. The van der Waals surface area contributed by atoms with Gasteiger partial charge in [0.25, 0.3) is 0 Å². The lowest BCUT2D eigenvalue weighted by molar-refractivity contribution is 0.242. The summed E-state index contributed by atoms with van der Waals surface area (Å²) < 4.78 is 7.37. The minimum absolute atomic E-state index is 0.199. The maximum absolute atomic E-state index is 5.69. The molecular weight excluding hydrogens is 286 g/mol. The third kappa shape index (κ3) is 5.35. The Morgan fingerprint density at radius 1 is 1.38 bits per heavy atom. The van der Waals surface area contributed by atoms with Gasteiger partial charge in [0.15, 0.2) is 0 Å². The topological polar surface area (TPSA) is 64.9 Å². The Kier molecular flexibility index (Phi) is 6.01. The average Bonchev–Trinajstić information content (AvgIpc) is 2.84. The van der Waals surface area contributed by atoms with E-state index in [0.29, 0.717) is 0 Å². The Labute approximate surface area is 129 Å². The molecule has 21 heavy (non-hydrogen) atoms. The molecule has 0 bridgehead atoms. The van der Waals surface area contributed by atoms with Crippen LogP contribution < -0.4 is 10.1 Å². The van der Waals surface area contributed by atoms with Crippen LogP contribution in [0.25, 0.3) is 0 Å². The van der Waals surface area contributed by atoms with Gasteiger partial charge in [-0.05, 0) is 42.0 Å². The SMILES string of the molecule is CC(C)Oc1cccc(CNCCSc2nnnn2C)c1. The quantitative estimate of drug-likeness (QED) is 0.593. The van der Waals surface area contributed by atoms with Crippen molar-refractivity contribution in [2.24, 2.45) is 7.05 Å². The third-order valence-electron chi connectivity index (χ3n) is 2.69. The van der Waals surface area contributed by atoms with Gasteiger partial charge in [0.1, 0.15) is 5.75 Å². The lowest BCUT2D eigenvalue weighted by Gasteiger charge is -2.11. The predicted molar refractivity (Wildman–Crippen MR) is 83.4 cm³/mol. The number of hydrogen-bond donors (Lipinski definition) is 1. The monoisotopic (exact) mass is 307 g/mol. The van der Waals surface area contributed by atoms with E-state index in [4.69, 9.17) is 4.74 Å². The van der Waals surface area contributed by atoms with Crippen molar-refractivity contribution in [3.05, 3.63) is 29.8 Å². The highest BCUT2D eigenvalue weighted by molar-refractivity contribution is 7.99. The molecule has 0 amide bonds. The number of aromatic nitrogens is 4. The van der Waals surface area contributed by atoms with Gasteiger partial charge >= 0.3 is 0 Å². The normalized spacial score (nSPS) is 11.0. The first-order valence-electron chi connectivity index (χ1n) is 6.96. The Hall–Kier alpha value is -1.60. The van der Waals surface area contributed by atoms with Crippen molar-refractivity contribution >= 4 is 11.8 Å². The number of rotatable bonds is 8. The molecular formula is C14H21N5OS. The molecule has 1 N–H and O–H groups in total. The summed E-state index contributed by atoms with van der Waals surface area (Å²) >= 11 is 1.64. The first kappa shape index (κ1) is 15.8. The minimum Gasteiger partial charge on any atom is -0.491 e. The van der Waals surface area contributed by atoms with Gasteiger partial charge in [0.2, 0.25) is 5.16 Å². The van der Waals surface area contributed by atoms with Gasteiger partial charge in [-0.3, -0.25) is 0 Å². The molecule has 2 aromatic rings. The van der Waals surface area contributed by atoms with E-state index in [1.807, 2.05) is 33.0 Å². The molecule has 7 heteroatoms. The van der Waals surface area contributed by atoms with Crippen molar-refractivity contribution in [2.45, 2.75) is 31.7 Å². The van der Waals surface area contributed by atoms with Crippen LogP contribution in [-0.4, -0.2) is 38.6 Å². The molecule has 2 rings (SSSR count). The molecule has 0 atom stereocenters. The fourth-order valence-electron chi connectivity index (χ4n) is 1.79. The van der Waals surface area contributed by atoms with E-state index < -0.39 is 0 Å². The van der Waals surface area contributed by atoms with Crippen LogP contribution in [0.2, 0.25) is 0 Å². The highest BCUT2D eigenvalue weighted by atomic mass is 32.2. The lowest BCUT2D eigenvalue weighted by atomic mass is 10.2. The Balaban J connectivity index is 1.70. The Bertz CT molecular complexity index is 558. The molecule has 1 aromatic carbocycles. The van der Waals surface area contributed by atoms with Crippen LogP contribution in [0.3, 0.4) is 0 Å². The van der Waals surface area contributed by atoms with Gasteiger partial charge in [0, 0.05) is 25.9 Å². The zero-order chi connectivity index (χ0) is 15.1. The summed E-state index contributed by atoms with van der Waals surface area (Å²) in [7, 11) is 1.84. The third-order valence-corrected chi connectivity index (χ3v) is 3.70. The molecule has 0 saturated carbocycles. The van der Waals surface area contributed by atoms with E-state index in [-0.39, 0.29) is 6.10 Å². The van der Waals surface area contributed by atoms with E-state index in [9.17, 15) is 0 Å². The molecule has 0 aliphatic heterocycles. The zero-order valence-corrected chi connectivity index (χ0v) is 13.4. The number of nitrogens with one attached hydrogen (secondary N) is 1. The zero-order valence-electron chi connectivity index (χ0n) is 12.6. The largest absolute Gasteiger partial charge is 0.491 e. The standard InChI is InChI=1S/C14H21N5OS/c1-11(2)20-13-6-4-5-12(9-13)10-15-7-8-21-14-16-17-18-19(14)3/h4-6,9,11,15H,7-8,10H2,1-3H3. The number of aryl methyl sites for hydroxylation is 1. The van der Waals surface area contributed by atoms with Crippen LogP contribution in [-0.2, 0) is 13.6 Å². The second kappa shape index (κ2) is 7.99. The minimum atomic E-state index is 0.199. The molecule has 0 saturated heterocycles. The summed E-state index contributed by atoms with van der Waals surface area (Å²) in [5.74, 6) is 1.85. The second-order valence-corrected chi connectivity index (χ2v) is 5.99. The fourth-order valence-corrected chi connectivity index (χ4v) is 2.54. The van der Waals surface area contributed by atoms with Crippen LogP contribution in [0.4, 0.5) is 0 Å². The van der Waals surface area contributed by atoms with Crippen molar-refractivity contribution in [3.63, 3.8) is 0 Å². The Morgan fingerprint density at radius 3 is 2.95 bits per heavy atom. The van der Waals surface area contributed by atoms with Gasteiger partial charge in [0.05, 0.1) is 6.10 Å². The van der Waals surface area contributed by atoms with Crippen LogP contribution in [0, 0.1) is 0 Å². The van der Waals surface area contributed by atoms with Crippen LogP contribution >= 0.6 is 11.8 Å². The number of nitrogens with zero attached hydrogens (tertiary/aromatic N) is 4. The molecule has 0 radical (unpaired) electrons. The fraction of sp³-hybridized carbons (Fsp3) is 0.500. The number of ether oxygens (including phenoxy) is 1. The summed E-state index contributed by atoms with van der Waals surface area (Å²) in [6.07, 6.45) is 0.199. The molecule has 0 spiro atoms. The first-order chi connectivity index (χ1) is 10.1. The van der Waals surface area contributed by atoms with Gasteiger partial charge in [-0.15, -0.1) is 5.10 Å². The number of tetrazole rings is 1. The average molecular weight is 307 g/mol. The summed E-state index contributed by atoms with van der Waals surface area (Å²) in [6, 6.07) is 8.18. The van der Waals surface area contributed by atoms with Gasteiger partial charge in [-0.2, -0.15) is 0 Å². The van der Waals surface area contributed by atoms with E-state index in [1.165, 1.54) is 5.56 Å². The van der Waals surface area contributed by atoms with E-state index in [1.54, 1.807) is 16.4 Å². The molecule has 0 aliphatic carbocycles. The Morgan fingerprint density at radius 2 is 2.24 bits per heavy atom. The summed E-state index contributed by atoms with van der Waals surface area (Å²) in [4.78, 5) is 0. The van der Waals surface area contributed by atoms with Crippen molar-refractivity contribution in [3.8, 4) is 5.75 Å². The number of hydrogen-bond acceptors (Lipinski definition) is 6. The van der Waals surface area contributed by atoms with Gasteiger partial charge < -0.3 is 10.1 Å². The van der Waals surface area contributed by atoms with Gasteiger partial charge in [-0.1, -0.05) is 23.9 Å². The highest BCUT2D eigenvalue weighted by Crippen LogP contribution is 2.15.